The van der Waals surface area contributed by atoms with Gasteiger partial charge < -0.3 is 0 Å². The molecule has 2 aliphatic carbocycles. The highest BCUT2D eigenvalue weighted by molar-refractivity contribution is 9.11. The van der Waals surface area contributed by atoms with E-state index in [0.717, 1.165) is 36.1 Å². The molecule has 0 aliphatic heterocycles. The molecular formula is C21H28BrNOS. The minimum absolute atomic E-state index is 0.179. The highest BCUT2D eigenvalue weighted by Gasteiger charge is 2.86. The molecule has 25 heavy (non-hydrogen) atoms. The minimum Gasteiger partial charge on any atom is -0.253 e. The van der Waals surface area contributed by atoms with Gasteiger partial charge in [0, 0.05) is 10.3 Å². The van der Waals surface area contributed by atoms with Gasteiger partial charge in [0.1, 0.15) is 3.66 Å². The van der Waals surface area contributed by atoms with Crippen molar-refractivity contribution in [2.75, 3.05) is 0 Å². The summed E-state index contributed by atoms with van der Waals surface area (Å²) in [7, 11) is -1.23. The molecule has 3 rings (SSSR count). The molecule has 0 amide bonds. The second-order valence-corrected chi connectivity index (χ2v) is 11.3. The summed E-state index contributed by atoms with van der Waals surface area (Å²) in [6, 6.07) is 10.5. The van der Waals surface area contributed by atoms with Crippen molar-refractivity contribution in [1.29, 1.82) is 5.26 Å². The predicted molar refractivity (Wildman–Crippen MR) is 107 cm³/mol. The Balaban J connectivity index is 1.95. The van der Waals surface area contributed by atoms with Crippen LogP contribution in [0.25, 0.3) is 0 Å². The predicted octanol–water partition coefficient (Wildman–Crippen LogP) is 6.25. The summed E-state index contributed by atoms with van der Waals surface area (Å²) in [6.45, 7) is 4.06. The third-order valence-corrected chi connectivity index (χ3v) is 11.0. The van der Waals surface area contributed by atoms with Crippen molar-refractivity contribution in [2.45, 2.75) is 80.2 Å². The van der Waals surface area contributed by atoms with E-state index in [4.69, 9.17) is 0 Å². The summed E-state index contributed by atoms with van der Waals surface area (Å²) in [6.07, 6.45) is 10.6. The molecule has 136 valence electrons. The van der Waals surface area contributed by atoms with Gasteiger partial charge in [-0.05, 0) is 38.8 Å². The van der Waals surface area contributed by atoms with Gasteiger partial charge in [-0.1, -0.05) is 78.6 Å². The maximum absolute atomic E-state index is 13.6. The van der Waals surface area contributed by atoms with E-state index >= 15 is 0 Å². The largest absolute Gasteiger partial charge is 0.253 e. The maximum Gasteiger partial charge on any atom is 0.131 e. The molecule has 0 N–H and O–H groups in total. The van der Waals surface area contributed by atoms with Gasteiger partial charge in [0.25, 0.3) is 0 Å². The molecule has 0 saturated heterocycles. The standard InChI is InChI=1S/C21H28BrNOS/c1-17-10-12-18(13-11-17)25(24)21(22)19(2,16-23)20(21)14-8-6-4-3-5-7-9-15-20/h10-13H,3-9,14-15H2,1-2H3. The minimum atomic E-state index is -1.23. The van der Waals surface area contributed by atoms with Crippen LogP contribution in [0.4, 0.5) is 0 Å². The Bertz CT molecular complexity index is 685. The lowest BCUT2D eigenvalue weighted by molar-refractivity contribution is 0.319. The van der Waals surface area contributed by atoms with Gasteiger partial charge >= 0.3 is 0 Å². The molecule has 3 unspecified atom stereocenters. The fourth-order valence-corrected chi connectivity index (χ4v) is 8.59. The van der Waals surface area contributed by atoms with E-state index in [1.165, 1.54) is 32.1 Å². The van der Waals surface area contributed by atoms with Gasteiger partial charge in [-0.2, -0.15) is 5.26 Å². The average Bonchev–Trinajstić information content (AvgIpc) is 3.05. The molecule has 2 nitrogen and oxygen atoms in total. The Morgan fingerprint density at radius 1 is 1.00 bits per heavy atom. The smallest absolute Gasteiger partial charge is 0.131 e. The molecule has 1 aromatic carbocycles. The number of benzene rings is 1. The van der Waals surface area contributed by atoms with Gasteiger partial charge in [0.05, 0.1) is 22.3 Å². The van der Waals surface area contributed by atoms with Crippen LogP contribution in [0.15, 0.2) is 29.2 Å². The first kappa shape index (κ1) is 19.1. The van der Waals surface area contributed by atoms with Crippen LogP contribution in [0.1, 0.15) is 70.3 Å². The van der Waals surface area contributed by atoms with Gasteiger partial charge in [-0.25, -0.2) is 0 Å². The van der Waals surface area contributed by atoms with Crippen LogP contribution in [0.2, 0.25) is 0 Å². The lowest BCUT2D eigenvalue weighted by Gasteiger charge is -2.22. The SMILES string of the molecule is Cc1ccc(S(=O)C2(Br)C(C)(C#N)C23CCCCCCCCC3)cc1. The van der Waals surface area contributed by atoms with Crippen molar-refractivity contribution in [3.05, 3.63) is 29.8 Å². The summed E-state index contributed by atoms with van der Waals surface area (Å²) in [5.41, 5.74) is 0.410. The molecule has 1 aromatic rings. The molecule has 2 aliphatic rings. The van der Waals surface area contributed by atoms with E-state index in [1.54, 1.807) is 0 Å². The summed E-state index contributed by atoms with van der Waals surface area (Å²) < 4.78 is 12.9. The topological polar surface area (TPSA) is 40.9 Å². The van der Waals surface area contributed by atoms with Gasteiger partial charge in [-0.3, -0.25) is 4.21 Å². The summed E-state index contributed by atoms with van der Waals surface area (Å²) >= 11 is 3.89. The summed E-state index contributed by atoms with van der Waals surface area (Å²) in [5, 5.41) is 10.0. The van der Waals surface area contributed by atoms with Crippen molar-refractivity contribution in [1.82, 2.24) is 0 Å². The van der Waals surface area contributed by atoms with Crippen LogP contribution in [0.5, 0.6) is 0 Å². The Morgan fingerprint density at radius 2 is 1.48 bits per heavy atom. The zero-order valence-corrected chi connectivity index (χ0v) is 17.7. The number of halogens is 1. The third kappa shape index (κ3) is 2.82. The van der Waals surface area contributed by atoms with Gasteiger partial charge in [0.2, 0.25) is 0 Å². The third-order valence-electron chi connectivity index (χ3n) is 6.57. The van der Waals surface area contributed by atoms with Gasteiger partial charge in [0.15, 0.2) is 0 Å². The zero-order chi connectivity index (χ0) is 18.1. The molecule has 0 aromatic heterocycles. The molecule has 3 atom stereocenters. The molecule has 0 radical (unpaired) electrons. The van der Waals surface area contributed by atoms with E-state index in [-0.39, 0.29) is 5.41 Å². The Labute approximate surface area is 163 Å². The average molecular weight is 422 g/mol. The fraction of sp³-hybridized carbons (Fsp3) is 0.667. The second-order valence-electron chi connectivity index (χ2n) is 7.97. The number of aryl methyl sites for hydroxylation is 1. The first-order valence-electron chi connectivity index (χ1n) is 9.52. The lowest BCUT2D eigenvalue weighted by atomic mass is 9.83. The lowest BCUT2D eigenvalue weighted by Crippen LogP contribution is -2.21. The summed E-state index contributed by atoms with van der Waals surface area (Å²) in [4.78, 5) is 0.831. The van der Waals surface area contributed by atoms with E-state index < -0.39 is 19.9 Å². The van der Waals surface area contributed by atoms with Gasteiger partial charge in [-0.15, -0.1) is 0 Å². The van der Waals surface area contributed by atoms with Crippen LogP contribution in [0, 0.1) is 29.1 Å². The first-order valence-corrected chi connectivity index (χ1v) is 11.5. The first-order chi connectivity index (χ1) is 11.9. The molecule has 4 heteroatoms. The Morgan fingerprint density at radius 3 is 1.96 bits per heavy atom. The van der Waals surface area contributed by atoms with E-state index in [0.29, 0.717) is 0 Å². The molecular weight excluding hydrogens is 394 g/mol. The van der Waals surface area contributed by atoms with Crippen molar-refractivity contribution >= 4 is 26.7 Å². The second kappa shape index (κ2) is 7.16. The van der Waals surface area contributed by atoms with Crippen LogP contribution in [0.3, 0.4) is 0 Å². The number of hydrogen-bond donors (Lipinski definition) is 0. The molecule has 2 fully saturated rings. The monoisotopic (exact) mass is 421 g/mol. The molecule has 2 saturated carbocycles. The maximum atomic E-state index is 13.6. The van der Waals surface area contributed by atoms with Crippen molar-refractivity contribution in [3.63, 3.8) is 0 Å². The van der Waals surface area contributed by atoms with E-state index in [9.17, 15) is 9.47 Å². The van der Waals surface area contributed by atoms with Crippen molar-refractivity contribution in [2.24, 2.45) is 10.8 Å². The van der Waals surface area contributed by atoms with E-state index in [1.807, 2.05) is 38.1 Å². The number of rotatable bonds is 2. The Hall–Kier alpha value is -0.660. The van der Waals surface area contributed by atoms with Crippen molar-refractivity contribution < 1.29 is 4.21 Å². The number of alkyl halides is 1. The fourth-order valence-electron chi connectivity index (χ4n) is 4.83. The highest BCUT2D eigenvalue weighted by atomic mass is 79.9. The number of nitrogens with zero attached hydrogens (tertiary/aromatic N) is 1. The number of nitriles is 1. The Kier molecular flexibility index (Phi) is 5.47. The van der Waals surface area contributed by atoms with Crippen LogP contribution in [-0.4, -0.2) is 7.87 Å². The molecule has 0 heterocycles. The quantitative estimate of drug-likeness (QED) is 0.529. The van der Waals surface area contributed by atoms with E-state index in [2.05, 4.69) is 22.0 Å². The van der Waals surface area contributed by atoms with Crippen LogP contribution in [-0.2, 0) is 10.8 Å². The highest BCUT2D eigenvalue weighted by Crippen LogP contribution is 2.82. The normalized spacial score (nSPS) is 33.4. The molecule has 0 bridgehead atoms. The number of hydrogen-bond acceptors (Lipinski definition) is 2. The zero-order valence-electron chi connectivity index (χ0n) is 15.3. The van der Waals surface area contributed by atoms with Crippen molar-refractivity contribution in [3.8, 4) is 6.07 Å². The summed E-state index contributed by atoms with van der Waals surface area (Å²) in [5.74, 6) is 0. The molecule has 1 spiro atoms. The van der Waals surface area contributed by atoms with Crippen LogP contribution < -0.4 is 0 Å². The van der Waals surface area contributed by atoms with Crippen LogP contribution >= 0.6 is 15.9 Å².